The van der Waals surface area contributed by atoms with Crippen molar-refractivity contribution < 1.29 is 24.4 Å². The monoisotopic (exact) mass is 308 g/mol. The molecule has 20 heavy (non-hydrogen) atoms. The van der Waals surface area contributed by atoms with Gasteiger partial charge in [-0.1, -0.05) is 11.8 Å². The summed E-state index contributed by atoms with van der Waals surface area (Å²) in [5.41, 5.74) is 4.03. The van der Waals surface area contributed by atoms with Crippen LogP contribution < -0.4 is 11.1 Å². The number of nitrogens with two attached hydrogens (primary N) is 1. The van der Waals surface area contributed by atoms with Crippen molar-refractivity contribution in [1.29, 1.82) is 0 Å². The average Bonchev–Trinajstić information content (AvgIpc) is 2.30. The second-order valence-electron chi connectivity index (χ2n) is 4.65. The molecule has 1 unspecified atom stereocenters. The number of hydrogen-bond donors (Lipinski definition) is 3. The third-order valence-electron chi connectivity index (χ3n) is 2.19. The first-order valence-corrected chi connectivity index (χ1v) is 6.57. The van der Waals surface area contributed by atoms with Gasteiger partial charge in [0.2, 0.25) is 11.8 Å². The van der Waals surface area contributed by atoms with E-state index in [4.69, 9.17) is 10.9 Å². The van der Waals surface area contributed by atoms with Gasteiger partial charge in [-0.3, -0.25) is 19.2 Å². The summed E-state index contributed by atoms with van der Waals surface area (Å²) in [5, 5.41) is 19.7. The van der Waals surface area contributed by atoms with Crippen LogP contribution >= 0.6 is 11.8 Å². The van der Waals surface area contributed by atoms with Crippen LogP contribution in [-0.2, 0) is 19.2 Å². The van der Waals surface area contributed by atoms with E-state index in [1.165, 1.54) is 20.8 Å². The van der Waals surface area contributed by atoms with Crippen LogP contribution in [0.4, 0.5) is 0 Å². The zero-order chi connectivity index (χ0) is 15.9. The predicted molar refractivity (Wildman–Crippen MR) is 71.0 cm³/mol. The molecule has 0 spiro atoms. The van der Waals surface area contributed by atoms with Gasteiger partial charge >= 0.3 is 0 Å². The van der Waals surface area contributed by atoms with E-state index in [2.05, 4.69) is 10.2 Å². The van der Waals surface area contributed by atoms with Gasteiger partial charge in [-0.25, -0.2) is 0 Å². The first kappa shape index (κ1) is 18.8. The minimum atomic E-state index is -1.06. The largest absolute Gasteiger partial charge is 0.738 e. The predicted octanol–water partition coefficient (Wildman–Crippen LogP) is -0.617. The van der Waals surface area contributed by atoms with E-state index in [-0.39, 0.29) is 17.5 Å². The minimum absolute atomic E-state index is 0.0304. The quantitative estimate of drug-likeness (QED) is 0.503. The highest BCUT2D eigenvalue weighted by Crippen LogP contribution is 2.25. The van der Waals surface area contributed by atoms with Crippen LogP contribution in [0, 0.1) is 10.6 Å². The lowest BCUT2D eigenvalue weighted by Gasteiger charge is -2.27. The first-order chi connectivity index (χ1) is 9.06. The van der Waals surface area contributed by atoms with Gasteiger partial charge in [0.1, 0.15) is 6.04 Å². The Bertz CT molecular complexity index is 374. The molecule has 1 atom stereocenters. The van der Waals surface area contributed by atoms with E-state index < -0.39 is 28.7 Å². The highest BCUT2D eigenvalue weighted by atomic mass is 32.2. The van der Waals surface area contributed by atoms with Crippen molar-refractivity contribution in [2.24, 2.45) is 11.1 Å². The fraction of sp³-hybridized carbons (Fsp3) is 0.700. The molecule has 0 radical (unpaired) electrons. The second-order valence-corrected chi connectivity index (χ2v) is 5.64. The molecule has 0 saturated carbocycles. The second kappa shape index (κ2) is 8.17. The Morgan fingerprint density at radius 2 is 2.05 bits per heavy atom. The van der Waals surface area contributed by atoms with Crippen molar-refractivity contribution in [1.82, 2.24) is 10.7 Å². The topological polar surface area (TPSA) is 145 Å². The number of carbonyl (C=O) groups is 3. The summed E-state index contributed by atoms with van der Waals surface area (Å²) >= 11 is 0.777. The highest BCUT2D eigenvalue weighted by molar-refractivity contribution is 8.13. The molecule has 0 aliphatic heterocycles. The number of primary amides is 1. The number of nitrogens with one attached hydrogen (secondary N) is 1. The Morgan fingerprint density at radius 3 is 2.45 bits per heavy atom. The van der Waals surface area contributed by atoms with E-state index >= 15 is 0 Å². The minimum Gasteiger partial charge on any atom is -0.738 e. The number of rotatable bonds is 8. The van der Waals surface area contributed by atoms with Gasteiger partial charge in [0.25, 0.3) is 0 Å². The maximum absolute atomic E-state index is 11.9. The Balaban J connectivity index is 4.43. The molecule has 0 aliphatic rings. The Hall–Kier alpha value is -1.20. The molecule has 0 fully saturated rings. The summed E-state index contributed by atoms with van der Waals surface area (Å²) < 4.78 is 0. The number of carbonyl (C=O) groups excluding carboxylic acids is 3. The summed E-state index contributed by atoms with van der Waals surface area (Å²) in [6.07, 6.45) is 0. The summed E-state index contributed by atoms with van der Waals surface area (Å²) in [6, 6.07) is -0.966. The summed E-state index contributed by atoms with van der Waals surface area (Å²) in [4.78, 5) is 38.2. The van der Waals surface area contributed by atoms with Crippen LogP contribution in [0.2, 0.25) is 0 Å². The fourth-order valence-corrected chi connectivity index (χ4v) is 2.09. The fourth-order valence-electron chi connectivity index (χ4n) is 1.07. The Morgan fingerprint density at radius 1 is 1.50 bits per heavy atom. The van der Waals surface area contributed by atoms with Crippen LogP contribution in [0.15, 0.2) is 0 Å². The molecule has 0 saturated heterocycles. The van der Waals surface area contributed by atoms with Crippen molar-refractivity contribution in [2.75, 3.05) is 12.4 Å². The summed E-state index contributed by atoms with van der Waals surface area (Å²) in [6.45, 7) is 3.90. The Kier molecular flexibility index (Phi) is 7.68. The molecule has 0 aliphatic carbocycles. The van der Waals surface area contributed by atoms with Crippen LogP contribution in [0.1, 0.15) is 20.8 Å². The van der Waals surface area contributed by atoms with Gasteiger partial charge in [0.15, 0.2) is 5.12 Å². The van der Waals surface area contributed by atoms with Crippen molar-refractivity contribution in [3.8, 4) is 0 Å². The maximum Gasteiger partial charge on any atom is 0.240 e. The molecule has 0 rings (SSSR count). The van der Waals surface area contributed by atoms with Crippen LogP contribution in [0.3, 0.4) is 0 Å². The molecule has 116 valence electrons. The van der Waals surface area contributed by atoms with Gasteiger partial charge in [0, 0.05) is 12.7 Å². The molecule has 4 N–H and O–H groups in total. The highest BCUT2D eigenvalue weighted by Gasteiger charge is 2.30. The van der Waals surface area contributed by atoms with Gasteiger partial charge in [0.05, 0.1) is 12.0 Å². The van der Waals surface area contributed by atoms with Gasteiger partial charge in [-0.2, -0.15) is 0 Å². The molecule has 0 aromatic heterocycles. The van der Waals surface area contributed by atoms with E-state index in [0.29, 0.717) is 0 Å². The van der Waals surface area contributed by atoms with Crippen molar-refractivity contribution in [2.45, 2.75) is 26.8 Å². The van der Waals surface area contributed by atoms with Crippen LogP contribution in [-0.4, -0.2) is 45.9 Å². The summed E-state index contributed by atoms with van der Waals surface area (Å²) in [7, 11) is 0. The third-order valence-corrected chi connectivity index (χ3v) is 3.51. The van der Waals surface area contributed by atoms with Crippen molar-refractivity contribution >= 4 is 28.7 Å². The smallest absolute Gasteiger partial charge is 0.240 e. The molecular weight excluding hydrogens is 290 g/mol. The van der Waals surface area contributed by atoms with Crippen LogP contribution in [0.5, 0.6) is 0 Å². The molecular formula is C10H18N3O6S-. The standard InChI is InChI=1S/C10H18N3O6S/c1-6(14)12-7(8(11)15)4-20-9(16)10(2,3)5-19-13(17)18/h7,17H,4-5H2,1-3H3,(H2,11,15)(H,12,14)/q-1. The van der Waals surface area contributed by atoms with Crippen molar-refractivity contribution in [3.05, 3.63) is 5.21 Å². The van der Waals surface area contributed by atoms with E-state index in [9.17, 15) is 19.6 Å². The lowest BCUT2D eigenvalue weighted by molar-refractivity contribution is -0.313. The van der Waals surface area contributed by atoms with E-state index in [1.807, 2.05) is 0 Å². The number of nitrogens with zero attached hydrogens (tertiary/aromatic N) is 1. The molecule has 0 bridgehead atoms. The summed E-state index contributed by atoms with van der Waals surface area (Å²) in [5.74, 6) is -1.22. The van der Waals surface area contributed by atoms with Crippen molar-refractivity contribution in [3.63, 3.8) is 0 Å². The number of amides is 2. The number of hydrogen-bond acceptors (Lipinski definition) is 8. The Labute approximate surface area is 120 Å². The van der Waals surface area contributed by atoms with E-state index in [1.54, 1.807) is 0 Å². The molecule has 0 heterocycles. The molecule has 2 amide bonds. The molecule has 0 aromatic carbocycles. The SMILES string of the molecule is CC(=O)NC(CSC(=O)C(C)(C)CON([O-])O)C(N)=O. The molecule has 10 heteroatoms. The average molecular weight is 308 g/mol. The van der Waals surface area contributed by atoms with Gasteiger partial charge in [-0.15, -0.1) is 5.39 Å². The zero-order valence-electron chi connectivity index (χ0n) is 11.4. The first-order valence-electron chi connectivity index (χ1n) is 5.59. The van der Waals surface area contributed by atoms with Crippen LogP contribution in [0.25, 0.3) is 0 Å². The van der Waals surface area contributed by atoms with Gasteiger partial charge < -0.3 is 21.5 Å². The maximum atomic E-state index is 11.9. The lowest BCUT2D eigenvalue weighted by atomic mass is 9.97. The van der Waals surface area contributed by atoms with E-state index in [0.717, 1.165) is 11.8 Å². The third kappa shape index (κ3) is 7.40. The lowest BCUT2D eigenvalue weighted by Crippen LogP contribution is -2.45. The molecule has 9 nitrogen and oxygen atoms in total. The van der Waals surface area contributed by atoms with Gasteiger partial charge in [-0.05, 0) is 13.8 Å². The zero-order valence-corrected chi connectivity index (χ0v) is 12.2. The normalized spacial score (nSPS) is 13.1. The molecule has 0 aromatic rings. The number of thioether (sulfide) groups is 1.